The van der Waals surface area contributed by atoms with Crippen LogP contribution in [0.2, 0.25) is 0 Å². The molecule has 6 heteroatoms. The van der Waals surface area contributed by atoms with Crippen LogP contribution in [0.15, 0.2) is 29.3 Å². The molecule has 1 aliphatic carbocycles. The van der Waals surface area contributed by atoms with Gasteiger partial charge in [0, 0.05) is 25.2 Å². The first-order valence-electron chi connectivity index (χ1n) is 12.2. The minimum Gasteiger partial charge on any atom is -0.306 e. The lowest BCUT2D eigenvalue weighted by Gasteiger charge is -2.39. The summed E-state index contributed by atoms with van der Waals surface area (Å²) in [5.74, 6) is 0. The lowest BCUT2D eigenvalue weighted by atomic mass is 9.93. The van der Waals surface area contributed by atoms with E-state index in [0.29, 0.717) is 6.04 Å². The van der Waals surface area contributed by atoms with Gasteiger partial charge in [0.15, 0.2) is 0 Å². The van der Waals surface area contributed by atoms with E-state index in [4.69, 9.17) is 0 Å². The first kappa shape index (κ1) is 22.1. The Balaban J connectivity index is 1.64. The number of nitrogens with zero attached hydrogens (tertiary/aromatic N) is 6. The molecule has 0 N–H and O–H groups in total. The van der Waals surface area contributed by atoms with Gasteiger partial charge in [-0.05, 0) is 58.8 Å². The Morgan fingerprint density at radius 3 is 2.16 bits per heavy atom. The fraction of sp³-hybridized carbons (Fsp3) is 0.680. The molecule has 1 saturated heterocycles. The second-order valence-corrected chi connectivity index (χ2v) is 9.60. The summed E-state index contributed by atoms with van der Waals surface area (Å²) >= 11 is 0. The third-order valence-electron chi connectivity index (χ3n) is 7.56. The Kier molecular flexibility index (Phi) is 7.14. The van der Waals surface area contributed by atoms with Crippen LogP contribution in [0.5, 0.6) is 0 Å². The predicted octanol–water partition coefficient (Wildman–Crippen LogP) is 4.65. The van der Waals surface area contributed by atoms with Crippen LogP contribution in [0, 0.1) is 11.5 Å². The Bertz CT molecular complexity index is 962. The number of hydrogen-bond acceptors (Lipinski definition) is 4. The van der Waals surface area contributed by atoms with Crippen LogP contribution in [0.3, 0.4) is 0 Å². The van der Waals surface area contributed by atoms with E-state index in [9.17, 15) is 5.26 Å². The summed E-state index contributed by atoms with van der Waals surface area (Å²) in [6, 6.07) is 9.68. The highest BCUT2D eigenvalue weighted by atomic mass is 15.3. The molecule has 2 aliphatic rings. The van der Waals surface area contributed by atoms with Gasteiger partial charge < -0.3 is 9.47 Å². The quantitative estimate of drug-likeness (QED) is 0.674. The number of benzene rings is 1. The number of hydrogen-bond donors (Lipinski definition) is 0. The van der Waals surface area contributed by atoms with Gasteiger partial charge in [0.2, 0.25) is 11.8 Å². The van der Waals surface area contributed by atoms with Crippen LogP contribution in [0.25, 0.3) is 11.0 Å². The zero-order chi connectivity index (χ0) is 21.8. The molecule has 31 heavy (non-hydrogen) atoms. The smallest absolute Gasteiger partial charge is 0.223 e. The number of rotatable bonds is 4. The van der Waals surface area contributed by atoms with Crippen molar-refractivity contribution in [1.82, 2.24) is 18.9 Å². The fourth-order valence-corrected chi connectivity index (χ4v) is 5.62. The molecule has 168 valence electrons. The van der Waals surface area contributed by atoms with Crippen LogP contribution in [-0.2, 0) is 0 Å². The molecule has 1 saturated carbocycles. The van der Waals surface area contributed by atoms with E-state index in [1.165, 1.54) is 50.5 Å². The molecule has 6 nitrogen and oxygen atoms in total. The molecule has 0 amide bonds. The monoisotopic (exact) mass is 422 g/mol. The van der Waals surface area contributed by atoms with Crippen molar-refractivity contribution in [1.29, 1.82) is 5.26 Å². The third kappa shape index (κ3) is 4.58. The van der Waals surface area contributed by atoms with Crippen LogP contribution in [-0.4, -0.2) is 52.2 Å². The van der Waals surface area contributed by atoms with Crippen LogP contribution in [0.4, 0.5) is 0 Å². The van der Waals surface area contributed by atoms with E-state index in [1.54, 1.807) is 0 Å². The van der Waals surface area contributed by atoms with Crippen molar-refractivity contribution in [2.45, 2.75) is 83.0 Å². The van der Waals surface area contributed by atoms with Gasteiger partial charge in [-0.2, -0.15) is 5.26 Å². The van der Waals surface area contributed by atoms with Crippen molar-refractivity contribution in [3.8, 4) is 6.19 Å². The van der Waals surface area contributed by atoms with Crippen molar-refractivity contribution in [2.24, 2.45) is 4.99 Å². The highest BCUT2D eigenvalue weighted by molar-refractivity contribution is 5.76. The maximum Gasteiger partial charge on any atom is 0.223 e. The first-order chi connectivity index (χ1) is 15.1. The molecule has 0 spiro atoms. The highest BCUT2D eigenvalue weighted by Crippen LogP contribution is 2.30. The van der Waals surface area contributed by atoms with Crippen molar-refractivity contribution >= 4 is 11.0 Å². The van der Waals surface area contributed by atoms with Crippen molar-refractivity contribution in [3.05, 3.63) is 29.9 Å². The van der Waals surface area contributed by atoms with Crippen molar-refractivity contribution in [3.63, 3.8) is 0 Å². The van der Waals surface area contributed by atoms with Gasteiger partial charge in [-0.15, -0.1) is 4.99 Å². The largest absolute Gasteiger partial charge is 0.306 e. The molecule has 0 bridgehead atoms. The summed E-state index contributed by atoms with van der Waals surface area (Å²) in [5, 5.41) is 9.51. The molecular weight excluding hydrogens is 384 g/mol. The topological polar surface area (TPSA) is 52.5 Å². The van der Waals surface area contributed by atoms with Crippen molar-refractivity contribution < 1.29 is 0 Å². The maximum absolute atomic E-state index is 9.51. The Labute approximate surface area is 186 Å². The molecule has 1 aromatic carbocycles. The third-order valence-corrected chi connectivity index (χ3v) is 7.56. The molecular formula is C25H38N6. The van der Waals surface area contributed by atoms with Gasteiger partial charge in [0.25, 0.3) is 0 Å². The predicted molar refractivity (Wildman–Crippen MR) is 125 cm³/mol. The minimum absolute atomic E-state index is 0.119. The van der Waals surface area contributed by atoms with E-state index in [0.717, 1.165) is 43.1 Å². The molecule has 2 aromatic rings. The lowest BCUT2D eigenvalue weighted by molar-refractivity contribution is 0.115. The van der Waals surface area contributed by atoms with Crippen LogP contribution >= 0.6 is 0 Å². The molecule has 1 aromatic heterocycles. The molecule has 4 rings (SSSR count). The second-order valence-electron chi connectivity index (χ2n) is 9.60. The molecule has 1 aliphatic heterocycles. The summed E-state index contributed by atoms with van der Waals surface area (Å²) in [6.07, 6.45) is 14.2. The van der Waals surface area contributed by atoms with Gasteiger partial charge in [-0.1, -0.05) is 44.2 Å². The van der Waals surface area contributed by atoms with E-state index >= 15 is 0 Å². The summed E-state index contributed by atoms with van der Waals surface area (Å²) in [6.45, 7) is 4.47. The standard InChI is InChI=1S/C25H38N6/c1-20(28(2)3)30-23-13-9-10-14-24(23)31(25(30)27-19-26)22-15-17-29(18-16-22)21-11-7-5-4-6-8-12-21/h9-10,13-14,20-22H,4-8,11-12,15-18H2,1-3H3. The molecule has 2 fully saturated rings. The molecule has 0 radical (unpaired) electrons. The van der Waals surface area contributed by atoms with E-state index in [-0.39, 0.29) is 6.17 Å². The van der Waals surface area contributed by atoms with E-state index in [2.05, 4.69) is 75.4 Å². The number of likely N-dealkylation sites (tertiary alicyclic amines) is 1. The van der Waals surface area contributed by atoms with Gasteiger partial charge in [-0.25, -0.2) is 0 Å². The molecule has 2 heterocycles. The normalized spacial score (nSPS) is 21.8. The summed E-state index contributed by atoms with van der Waals surface area (Å²) in [7, 11) is 4.15. The zero-order valence-electron chi connectivity index (χ0n) is 19.5. The Morgan fingerprint density at radius 1 is 0.935 bits per heavy atom. The number of aromatic nitrogens is 2. The summed E-state index contributed by atoms with van der Waals surface area (Å²) < 4.78 is 4.58. The average Bonchev–Trinajstić information content (AvgIpc) is 3.07. The van der Waals surface area contributed by atoms with Gasteiger partial charge >= 0.3 is 0 Å². The Morgan fingerprint density at radius 2 is 1.55 bits per heavy atom. The number of fused-ring (bicyclic) bond motifs is 1. The number of nitriles is 1. The van der Waals surface area contributed by atoms with Crippen LogP contribution < -0.4 is 5.62 Å². The summed E-state index contributed by atoms with van der Waals surface area (Å²) in [4.78, 5) is 9.27. The number of para-hydroxylation sites is 2. The van der Waals surface area contributed by atoms with Gasteiger partial charge in [0.05, 0.1) is 17.2 Å². The average molecular weight is 423 g/mol. The first-order valence-corrected chi connectivity index (χ1v) is 12.2. The van der Waals surface area contributed by atoms with E-state index in [1.807, 2.05) is 0 Å². The fourth-order valence-electron chi connectivity index (χ4n) is 5.62. The van der Waals surface area contributed by atoms with Crippen molar-refractivity contribution in [2.75, 3.05) is 27.2 Å². The SMILES string of the molecule is CC(N(C)C)n1c(=NC#N)n(C2CCN(C3CCCCCCC3)CC2)c2ccccc21. The highest BCUT2D eigenvalue weighted by Gasteiger charge is 2.29. The number of imidazole rings is 1. The van der Waals surface area contributed by atoms with Gasteiger partial charge in [-0.3, -0.25) is 9.47 Å². The molecule has 1 unspecified atom stereocenters. The minimum atomic E-state index is 0.119. The molecule has 1 atom stereocenters. The van der Waals surface area contributed by atoms with E-state index < -0.39 is 0 Å². The second kappa shape index (κ2) is 10.0. The lowest BCUT2D eigenvalue weighted by Crippen LogP contribution is -2.44. The maximum atomic E-state index is 9.51. The Hall–Kier alpha value is -2.10. The van der Waals surface area contributed by atoms with Gasteiger partial charge in [0.1, 0.15) is 0 Å². The van der Waals surface area contributed by atoms with Crippen LogP contribution in [0.1, 0.15) is 76.9 Å². The zero-order valence-corrected chi connectivity index (χ0v) is 19.5. The number of piperidine rings is 1. The summed E-state index contributed by atoms with van der Waals surface area (Å²) in [5.41, 5.74) is 3.13.